The Balaban J connectivity index is 0.000000197. The minimum Gasteiger partial charge on any atom is -0.310 e. The molecule has 7 nitrogen and oxygen atoms in total. The smallest absolute Gasteiger partial charge is 0.310 e. The van der Waals surface area contributed by atoms with E-state index in [4.69, 9.17) is 12.6 Å². The van der Waals surface area contributed by atoms with E-state index >= 15 is 0 Å². The van der Waals surface area contributed by atoms with Gasteiger partial charge in [-0.2, -0.15) is 0 Å². The molecule has 31 heavy (non-hydrogen) atoms. The predicted molar refractivity (Wildman–Crippen MR) is 121 cm³/mol. The van der Waals surface area contributed by atoms with E-state index in [1.54, 1.807) is 6.92 Å². The first-order chi connectivity index (χ1) is 14.2. The van der Waals surface area contributed by atoms with Crippen molar-refractivity contribution < 1.29 is 25.8 Å². The van der Waals surface area contributed by atoms with E-state index in [9.17, 15) is 13.2 Å². The van der Waals surface area contributed by atoms with Crippen LogP contribution in [0.2, 0.25) is 0 Å². The SMILES string of the molecule is CC1(C)C2CC[C@]1(C)C(=O)C2.CCN[C@H]1C[C@H](C)S(=O)(=O)c2sc(C)cc21.O=S(=O)=O. The molecule has 4 atom stereocenters. The van der Waals surface area contributed by atoms with Gasteiger partial charge in [0.25, 0.3) is 0 Å². The first-order valence-corrected chi connectivity index (χ1v) is 13.9. The van der Waals surface area contributed by atoms with Gasteiger partial charge in [-0.05, 0) is 62.6 Å². The number of hydrogen-bond acceptors (Lipinski definition) is 8. The number of carbonyl (C=O) groups is 1. The molecule has 0 saturated heterocycles. The molecular formula is C21H33NO6S3. The van der Waals surface area contributed by atoms with Crippen LogP contribution < -0.4 is 5.32 Å². The Bertz CT molecular complexity index is 1040. The fourth-order valence-electron chi connectivity index (χ4n) is 5.09. The molecule has 2 saturated carbocycles. The van der Waals surface area contributed by atoms with E-state index in [0.717, 1.165) is 29.8 Å². The Morgan fingerprint density at radius 3 is 2.19 bits per heavy atom. The minimum absolute atomic E-state index is 0.0255. The van der Waals surface area contributed by atoms with Crippen molar-refractivity contribution in [1.29, 1.82) is 0 Å². The molecule has 2 aliphatic carbocycles. The van der Waals surface area contributed by atoms with Crippen LogP contribution >= 0.6 is 11.3 Å². The number of rotatable bonds is 2. The van der Waals surface area contributed by atoms with Crippen molar-refractivity contribution in [3.05, 3.63) is 16.5 Å². The number of thiophene rings is 1. The summed E-state index contributed by atoms with van der Waals surface area (Å²) >= 11 is 1.40. The number of carbonyl (C=O) groups excluding carboxylic acids is 1. The zero-order valence-electron chi connectivity index (χ0n) is 19.0. The Morgan fingerprint density at radius 1 is 1.23 bits per heavy atom. The first-order valence-electron chi connectivity index (χ1n) is 10.6. The first kappa shape index (κ1) is 26.2. The lowest BCUT2D eigenvalue weighted by Gasteiger charge is -2.32. The predicted octanol–water partition coefficient (Wildman–Crippen LogP) is 3.67. The van der Waals surface area contributed by atoms with Crippen molar-refractivity contribution >= 4 is 37.6 Å². The third-order valence-electron chi connectivity index (χ3n) is 7.51. The number of ketones is 1. The fraction of sp³-hybridized carbons (Fsp3) is 0.762. The second kappa shape index (κ2) is 9.41. The highest BCUT2D eigenvalue weighted by atomic mass is 32.2. The Labute approximate surface area is 191 Å². The van der Waals surface area contributed by atoms with E-state index in [1.165, 1.54) is 17.8 Å². The van der Waals surface area contributed by atoms with Crippen LogP contribution in [-0.4, -0.2) is 38.6 Å². The van der Waals surface area contributed by atoms with Crippen LogP contribution in [0.1, 0.15) is 76.8 Å². The lowest BCUT2D eigenvalue weighted by Crippen LogP contribution is -2.33. The standard InChI is InChI=1S/C11H17NO2S2.C10H16O.O3S/c1-4-12-10-6-8(3)16(13,14)11-9(10)5-7(2)15-11;1-9(2)7-4-5-10(9,3)8(11)6-7;1-4(2)3/h5,8,10,12H,4,6H2,1-3H3;7H,4-6H2,1-3H3;/t8-,10-;7?,10-;/m01./s1. The van der Waals surface area contributed by atoms with Gasteiger partial charge in [0.05, 0.1) is 5.25 Å². The maximum absolute atomic E-state index is 12.1. The molecule has 0 aromatic carbocycles. The monoisotopic (exact) mass is 491 g/mol. The van der Waals surface area contributed by atoms with Gasteiger partial charge in [0.15, 0.2) is 9.84 Å². The third-order valence-corrected chi connectivity index (χ3v) is 11.3. The Hall–Kier alpha value is -1.10. The van der Waals surface area contributed by atoms with Crippen molar-refractivity contribution in [2.75, 3.05) is 6.54 Å². The van der Waals surface area contributed by atoms with Gasteiger partial charge in [0.2, 0.25) is 0 Å². The normalized spacial score (nSPS) is 31.7. The summed E-state index contributed by atoms with van der Waals surface area (Å²) in [5.74, 6) is 1.19. The minimum atomic E-state index is -3.11. The molecule has 2 bridgehead atoms. The van der Waals surface area contributed by atoms with Crippen LogP contribution in [0, 0.1) is 23.7 Å². The van der Waals surface area contributed by atoms with Crippen LogP contribution in [0.5, 0.6) is 0 Å². The van der Waals surface area contributed by atoms with Crippen molar-refractivity contribution in [3.8, 4) is 0 Å². The fourth-order valence-corrected chi connectivity index (χ4v) is 8.58. The van der Waals surface area contributed by atoms with Crippen LogP contribution in [-0.2, 0) is 25.2 Å². The molecule has 4 rings (SSSR count). The molecule has 10 heteroatoms. The van der Waals surface area contributed by atoms with Crippen LogP contribution in [0.25, 0.3) is 0 Å². The molecule has 0 amide bonds. The van der Waals surface area contributed by atoms with Gasteiger partial charge in [-0.3, -0.25) is 4.79 Å². The summed E-state index contributed by atoms with van der Waals surface area (Å²) in [5, 5.41) is 3.09. The van der Waals surface area contributed by atoms with Gasteiger partial charge in [-0.25, -0.2) is 8.42 Å². The summed E-state index contributed by atoms with van der Waals surface area (Å²) in [6.45, 7) is 13.4. The Morgan fingerprint density at radius 2 is 1.81 bits per heavy atom. The highest BCUT2D eigenvalue weighted by Crippen LogP contribution is 2.63. The van der Waals surface area contributed by atoms with Crippen molar-refractivity contribution in [2.24, 2.45) is 16.7 Å². The number of sulfone groups is 1. The topological polar surface area (TPSA) is 114 Å². The van der Waals surface area contributed by atoms with Crippen LogP contribution in [0.15, 0.2) is 10.3 Å². The summed E-state index contributed by atoms with van der Waals surface area (Å²) in [4.78, 5) is 12.6. The average molecular weight is 492 g/mol. The average Bonchev–Trinajstić information content (AvgIpc) is 3.19. The van der Waals surface area contributed by atoms with E-state index in [-0.39, 0.29) is 22.1 Å². The lowest BCUT2D eigenvalue weighted by atomic mass is 9.70. The highest BCUT2D eigenvalue weighted by Gasteiger charge is 2.61. The van der Waals surface area contributed by atoms with Crippen LogP contribution in [0.3, 0.4) is 0 Å². The molecule has 1 N–H and O–H groups in total. The summed E-state index contributed by atoms with van der Waals surface area (Å²) in [5.41, 5.74) is 1.28. The molecule has 2 fully saturated rings. The van der Waals surface area contributed by atoms with E-state index < -0.39 is 20.4 Å². The van der Waals surface area contributed by atoms with Gasteiger partial charge < -0.3 is 5.32 Å². The van der Waals surface area contributed by atoms with Gasteiger partial charge >= 0.3 is 10.6 Å². The molecule has 1 unspecified atom stereocenters. The van der Waals surface area contributed by atoms with Gasteiger partial charge in [0.1, 0.15) is 9.99 Å². The summed E-state index contributed by atoms with van der Waals surface area (Å²) in [6, 6.07) is 2.21. The molecule has 176 valence electrons. The number of fused-ring (bicyclic) bond motifs is 3. The summed E-state index contributed by atoms with van der Waals surface area (Å²) < 4.78 is 50.2. The second-order valence-corrected chi connectivity index (χ2v) is 13.6. The highest BCUT2D eigenvalue weighted by molar-refractivity contribution is 7.94. The number of Topliss-reactive ketones (excluding diaryl/α,β-unsaturated/α-hetero) is 1. The molecule has 1 aliphatic heterocycles. The van der Waals surface area contributed by atoms with E-state index in [0.29, 0.717) is 22.3 Å². The van der Waals surface area contributed by atoms with Crippen molar-refractivity contribution in [1.82, 2.24) is 5.32 Å². The molecule has 2 heterocycles. The van der Waals surface area contributed by atoms with Crippen molar-refractivity contribution in [2.45, 2.75) is 82.7 Å². The molecule has 1 aromatic heterocycles. The number of nitrogens with one attached hydrogen (secondary N) is 1. The van der Waals surface area contributed by atoms with E-state index in [1.807, 2.05) is 19.9 Å². The van der Waals surface area contributed by atoms with Gasteiger partial charge in [-0.15, -0.1) is 24.0 Å². The molecule has 1 aromatic rings. The maximum Gasteiger partial charge on any atom is 0.425 e. The second-order valence-electron chi connectivity index (χ2n) is 9.42. The largest absolute Gasteiger partial charge is 0.425 e. The number of hydrogen-bond donors (Lipinski definition) is 1. The van der Waals surface area contributed by atoms with Crippen LogP contribution in [0.4, 0.5) is 0 Å². The molecular weight excluding hydrogens is 458 g/mol. The van der Waals surface area contributed by atoms with Gasteiger partial charge in [-0.1, -0.05) is 27.7 Å². The summed E-state index contributed by atoms with van der Waals surface area (Å²) in [6.07, 6.45) is 3.93. The molecule has 3 aliphatic rings. The van der Waals surface area contributed by atoms with Gasteiger partial charge in [0, 0.05) is 22.8 Å². The maximum atomic E-state index is 12.1. The Kier molecular flexibility index (Phi) is 7.94. The van der Waals surface area contributed by atoms with E-state index in [2.05, 4.69) is 26.1 Å². The molecule has 0 spiro atoms. The zero-order chi connectivity index (χ0) is 23.8. The number of aryl methyl sites for hydroxylation is 1. The zero-order valence-corrected chi connectivity index (χ0v) is 21.5. The summed E-state index contributed by atoms with van der Waals surface area (Å²) in [7, 11) is -6.18. The molecule has 0 radical (unpaired) electrons. The quantitative estimate of drug-likeness (QED) is 0.671. The van der Waals surface area contributed by atoms with Crippen molar-refractivity contribution in [3.63, 3.8) is 0 Å². The third kappa shape index (κ3) is 4.96. The lowest BCUT2D eigenvalue weighted by molar-refractivity contribution is -0.128.